The topological polar surface area (TPSA) is 53.0 Å². The van der Waals surface area contributed by atoms with Gasteiger partial charge in [0, 0.05) is 37.8 Å². The molecule has 5 heteroatoms. The van der Waals surface area contributed by atoms with Gasteiger partial charge < -0.3 is 14.7 Å². The SMILES string of the molecule is CCOc1ccccc1CN1CCCCCCCN(C(C)=O)c2cc(CO)ccc2C1. The van der Waals surface area contributed by atoms with Gasteiger partial charge in [-0.2, -0.15) is 0 Å². The van der Waals surface area contributed by atoms with Crippen molar-refractivity contribution in [3.8, 4) is 5.75 Å². The average molecular weight is 425 g/mol. The summed E-state index contributed by atoms with van der Waals surface area (Å²) in [5.41, 5.74) is 4.09. The largest absolute Gasteiger partial charge is 0.494 e. The maximum atomic E-state index is 12.5. The summed E-state index contributed by atoms with van der Waals surface area (Å²) in [6, 6.07) is 14.3. The Hall–Kier alpha value is -2.37. The summed E-state index contributed by atoms with van der Waals surface area (Å²) in [4.78, 5) is 16.8. The van der Waals surface area contributed by atoms with E-state index in [1.165, 1.54) is 18.4 Å². The molecule has 5 nitrogen and oxygen atoms in total. The van der Waals surface area contributed by atoms with Gasteiger partial charge in [-0.15, -0.1) is 0 Å². The van der Waals surface area contributed by atoms with Gasteiger partial charge in [0.25, 0.3) is 0 Å². The van der Waals surface area contributed by atoms with Crippen LogP contribution in [0, 0.1) is 0 Å². The van der Waals surface area contributed by atoms with E-state index in [0.29, 0.717) is 6.61 Å². The third-order valence-electron chi connectivity index (χ3n) is 5.92. The first-order valence-electron chi connectivity index (χ1n) is 11.6. The lowest BCUT2D eigenvalue weighted by Gasteiger charge is -2.29. The molecule has 2 aromatic rings. The Bertz CT molecular complexity index is 852. The highest BCUT2D eigenvalue weighted by Crippen LogP contribution is 2.28. The summed E-state index contributed by atoms with van der Waals surface area (Å²) in [6.45, 7) is 7.56. The lowest BCUT2D eigenvalue weighted by atomic mass is 10.0. The van der Waals surface area contributed by atoms with Gasteiger partial charge in [-0.1, -0.05) is 49.6 Å². The van der Waals surface area contributed by atoms with Crippen molar-refractivity contribution in [2.24, 2.45) is 0 Å². The minimum atomic E-state index is -0.0233. The van der Waals surface area contributed by atoms with Crippen LogP contribution < -0.4 is 9.64 Å². The quantitative estimate of drug-likeness (QED) is 0.742. The van der Waals surface area contributed by atoms with Gasteiger partial charge in [-0.3, -0.25) is 9.69 Å². The van der Waals surface area contributed by atoms with Gasteiger partial charge in [0.1, 0.15) is 5.75 Å². The van der Waals surface area contributed by atoms with E-state index in [2.05, 4.69) is 23.1 Å². The Balaban J connectivity index is 1.93. The fourth-order valence-corrected chi connectivity index (χ4v) is 4.30. The molecule has 0 bridgehead atoms. The summed E-state index contributed by atoms with van der Waals surface area (Å²) in [5, 5.41) is 9.67. The summed E-state index contributed by atoms with van der Waals surface area (Å²) < 4.78 is 5.86. The molecule has 1 aliphatic rings. The molecule has 2 aromatic carbocycles. The zero-order chi connectivity index (χ0) is 22.1. The number of rotatable bonds is 5. The molecular formula is C26H36N2O3. The number of ether oxygens (including phenoxy) is 1. The maximum Gasteiger partial charge on any atom is 0.223 e. The molecule has 1 heterocycles. The predicted molar refractivity (Wildman–Crippen MR) is 125 cm³/mol. The fourth-order valence-electron chi connectivity index (χ4n) is 4.30. The predicted octanol–water partition coefficient (Wildman–Crippen LogP) is 4.90. The molecule has 31 heavy (non-hydrogen) atoms. The molecule has 0 spiro atoms. The van der Waals surface area contributed by atoms with Crippen LogP contribution in [0.15, 0.2) is 42.5 Å². The highest BCUT2D eigenvalue weighted by Gasteiger charge is 2.19. The van der Waals surface area contributed by atoms with Gasteiger partial charge in [-0.05, 0) is 49.6 Å². The van der Waals surface area contributed by atoms with Crippen molar-refractivity contribution in [2.75, 3.05) is 24.6 Å². The minimum absolute atomic E-state index is 0.0233. The standard InChI is InChI=1S/C26H36N2O3/c1-3-31-26-12-8-7-11-24(26)19-27-15-9-5-4-6-10-16-28(21(2)30)25-17-22(20-29)13-14-23(25)18-27/h7-8,11-14,17,29H,3-6,9-10,15-16,18-20H2,1-2H3. The first-order chi connectivity index (χ1) is 15.1. The van der Waals surface area contributed by atoms with Crippen LogP contribution in [-0.4, -0.2) is 35.6 Å². The number of fused-ring (bicyclic) bond motifs is 1. The number of hydrogen-bond donors (Lipinski definition) is 1. The zero-order valence-electron chi connectivity index (χ0n) is 19.0. The normalized spacial score (nSPS) is 16.2. The van der Waals surface area contributed by atoms with E-state index >= 15 is 0 Å². The third-order valence-corrected chi connectivity index (χ3v) is 5.92. The second-order valence-corrected chi connectivity index (χ2v) is 8.31. The van der Waals surface area contributed by atoms with Crippen LogP contribution in [-0.2, 0) is 24.5 Å². The molecule has 1 N–H and O–H groups in total. The van der Waals surface area contributed by atoms with Crippen LogP contribution in [0.4, 0.5) is 5.69 Å². The van der Waals surface area contributed by atoms with Crippen molar-refractivity contribution in [3.05, 3.63) is 59.2 Å². The van der Waals surface area contributed by atoms with Crippen LogP contribution in [0.1, 0.15) is 62.6 Å². The van der Waals surface area contributed by atoms with Crippen molar-refractivity contribution in [1.82, 2.24) is 4.90 Å². The van der Waals surface area contributed by atoms with Crippen molar-refractivity contribution in [2.45, 2.75) is 65.6 Å². The van der Waals surface area contributed by atoms with Gasteiger partial charge in [-0.25, -0.2) is 0 Å². The molecule has 0 radical (unpaired) electrons. The summed E-state index contributed by atoms with van der Waals surface area (Å²) >= 11 is 0. The number of benzene rings is 2. The monoisotopic (exact) mass is 424 g/mol. The van der Waals surface area contributed by atoms with Gasteiger partial charge >= 0.3 is 0 Å². The van der Waals surface area contributed by atoms with Crippen LogP contribution in [0.25, 0.3) is 0 Å². The van der Waals surface area contributed by atoms with Gasteiger partial charge in [0.2, 0.25) is 5.91 Å². The van der Waals surface area contributed by atoms with Crippen LogP contribution >= 0.6 is 0 Å². The van der Waals surface area contributed by atoms with Crippen molar-refractivity contribution < 1.29 is 14.6 Å². The summed E-state index contributed by atoms with van der Waals surface area (Å²) in [5.74, 6) is 0.999. The van der Waals surface area contributed by atoms with E-state index < -0.39 is 0 Å². The van der Waals surface area contributed by atoms with E-state index in [-0.39, 0.29) is 12.5 Å². The van der Waals surface area contributed by atoms with E-state index in [1.807, 2.05) is 36.1 Å². The number of aliphatic hydroxyl groups is 1. The van der Waals surface area contributed by atoms with Gasteiger partial charge in [0.15, 0.2) is 0 Å². The summed E-state index contributed by atoms with van der Waals surface area (Å²) in [6.07, 6.45) is 5.70. The molecule has 0 fully saturated rings. The van der Waals surface area contributed by atoms with E-state index in [0.717, 1.165) is 68.0 Å². The Morgan fingerprint density at radius 1 is 1.03 bits per heavy atom. The van der Waals surface area contributed by atoms with E-state index in [9.17, 15) is 9.90 Å². The third kappa shape index (κ3) is 6.55. The van der Waals surface area contributed by atoms with E-state index in [1.54, 1.807) is 6.92 Å². The molecule has 0 saturated heterocycles. The van der Waals surface area contributed by atoms with Crippen LogP contribution in [0.5, 0.6) is 5.75 Å². The molecule has 0 aliphatic carbocycles. The Labute approximate surface area is 186 Å². The minimum Gasteiger partial charge on any atom is -0.494 e. The second-order valence-electron chi connectivity index (χ2n) is 8.31. The van der Waals surface area contributed by atoms with Crippen LogP contribution in [0.2, 0.25) is 0 Å². The Kier molecular flexibility index (Phi) is 8.92. The molecule has 1 amide bonds. The van der Waals surface area contributed by atoms with Crippen molar-refractivity contribution in [1.29, 1.82) is 0 Å². The van der Waals surface area contributed by atoms with E-state index in [4.69, 9.17) is 4.74 Å². The lowest BCUT2D eigenvalue weighted by molar-refractivity contribution is -0.116. The number of nitrogens with zero attached hydrogens (tertiary/aromatic N) is 2. The van der Waals surface area contributed by atoms with Crippen LogP contribution in [0.3, 0.4) is 0 Å². The number of aliphatic hydroxyl groups excluding tert-OH is 1. The lowest BCUT2D eigenvalue weighted by Crippen LogP contribution is -2.32. The number of amides is 1. The van der Waals surface area contributed by atoms with Gasteiger partial charge in [0.05, 0.1) is 13.2 Å². The maximum absolute atomic E-state index is 12.5. The Morgan fingerprint density at radius 2 is 1.77 bits per heavy atom. The first-order valence-corrected chi connectivity index (χ1v) is 11.6. The highest BCUT2D eigenvalue weighted by molar-refractivity contribution is 5.92. The molecule has 3 rings (SSSR count). The van der Waals surface area contributed by atoms with Crippen molar-refractivity contribution >= 4 is 11.6 Å². The second kappa shape index (κ2) is 11.9. The fraction of sp³-hybridized carbons (Fsp3) is 0.500. The molecule has 0 unspecified atom stereocenters. The van der Waals surface area contributed by atoms with Crippen molar-refractivity contribution in [3.63, 3.8) is 0 Å². The highest BCUT2D eigenvalue weighted by atomic mass is 16.5. The number of para-hydroxylation sites is 1. The number of carbonyl (C=O) groups excluding carboxylic acids is 1. The number of anilines is 1. The number of hydrogen-bond acceptors (Lipinski definition) is 4. The molecule has 1 aliphatic heterocycles. The molecular weight excluding hydrogens is 388 g/mol. The zero-order valence-corrected chi connectivity index (χ0v) is 19.0. The smallest absolute Gasteiger partial charge is 0.223 e. The number of carbonyl (C=O) groups is 1. The molecule has 0 atom stereocenters. The molecule has 0 saturated carbocycles. The average Bonchev–Trinajstić information content (AvgIpc) is 2.76. The Morgan fingerprint density at radius 3 is 2.52 bits per heavy atom. The molecule has 168 valence electrons. The summed E-state index contributed by atoms with van der Waals surface area (Å²) in [7, 11) is 0. The molecule has 0 aromatic heterocycles. The first kappa shape index (κ1) is 23.3.